The Labute approximate surface area is 237 Å². The summed E-state index contributed by atoms with van der Waals surface area (Å²) in [6, 6.07) is 27.0. The van der Waals surface area contributed by atoms with Crippen molar-refractivity contribution in [2.24, 2.45) is 10.5 Å². The van der Waals surface area contributed by atoms with Crippen LogP contribution in [0.1, 0.15) is 59.7 Å². The van der Waals surface area contributed by atoms with Gasteiger partial charge in [-0.05, 0) is 53.1 Å². The van der Waals surface area contributed by atoms with E-state index in [2.05, 4.69) is 0 Å². The second kappa shape index (κ2) is 9.27. The molecule has 7 rings (SSSR count). The number of hydrogen-bond acceptors (Lipinski definition) is 7. The van der Waals surface area contributed by atoms with Gasteiger partial charge in [0.1, 0.15) is 23.0 Å². The van der Waals surface area contributed by atoms with Crippen molar-refractivity contribution >= 4 is 23.6 Å². The van der Waals surface area contributed by atoms with Crippen LogP contribution in [0.25, 0.3) is 0 Å². The van der Waals surface area contributed by atoms with Crippen LogP contribution >= 0.6 is 0 Å². The summed E-state index contributed by atoms with van der Waals surface area (Å²) in [4.78, 5) is 44.0. The second-order valence-electron chi connectivity index (χ2n) is 10.5. The van der Waals surface area contributed by atoms with Gasteiger partial charge in [-0.1, -0.05) is 60.7 Å². The highest BCUT2D eigenvalue weighted by atomic mass is 16.5. The van der Waals surface area contributed by atoms with Gasteiger partial charge in [-0.3, -0.25) is 19.4 Å². The largest absolute Gasteiger partial charge is 0.497 e. The molecule has 7 heteroatoms. The highest BCUT2D eigenvalue weighted by Crippen LogP contribution is 2.64. The molecule has 3 atom stereocenters. The summed E-state index contributed by atoms with van der Waals surface area (Å²) in [5.41, 5.74) is 1.88. The van der Waals surface area contributed by atoms with Crippen molar-refractivity contribution in [1.29, 1.82) is 0 Å². The second-order valence-corrected chi connectivity index (χ2v) is 10.5. The zero-order valence-electron chi connectivity index (χ0n) is 22.5. The Hall–Kier alpha value is -5.04. The number of carbonyl (C=O) groups is 3. The van der Waals surface area contributed by atoms with Crippen LogP contribution < -0.4 is 9.47 Å². The number of fused-ring (bicyclic) bond motifs is 5. The number of Topliss-reactive ketones (excluding diaryl/α,β-unsaturated/α-hetero) is 3. The minimum Gasteiger partial charge on any atom is -0.497 e. The average molecular weight is 543 g/mol. The van der Waals surface area contributed by atoms with Crippen LogP contribution in [0.3, 0.4) is 0 Å². The van der Waals surface area contributed by atoms with E-state index in [1.54, 1.807) is 86.1 Å². The first-order valence-electron chi connectivity index (χ1n) is 13.4. The van der Waals surface area contributed by atoms with E-state index in [0.29, 0.717) is 33.8 Å². The summed E-state index contributed by atoms with van der Waals surface area (Å²) in [7, 11) is 3.14. The highest BCUT2D eigenvalue weighted by Gasteiger charge is 2.72. The lowest BCUT2D eigenvalue weighted by atomic mass is 9.63. The molecule has 2 heterocycles. The maximum atomic E-state index is 14.7. The molecule has 4 aromatic carbocycles. The zero-order chi connectivity index (χ0) is 28.3. The van der Waals surface area contributed by atoms with Gasteiger partial charge < -0.3 is 9.47 Å². The number of hydrazone groups is 1. The Kier molecular flexibility index (Phi) is 5.64. The fourth-order valence-electron chi connectivity index (χ4n) is 6.89. The van der Waals surface area contributed by atoms with Gasteiger partial charge in [0.25, 0.3) is 0 Å². The molecule has 1 saturated heterocycles. The topological polar surface area (TPSA) is 85.3 Å². The van der Waals surface area contributed by atoms with Crippen molar-refractivity contribution in [1.82, 2.24) is 5.01 Å². The van der Waals surface area contributed by atoms with E-state index < -0.39 is 23.4 Å². The quantitative estimate of drug-likeness (QED) is 0.244. The van der Waals surface area contributed by atoms with E-state index in [1.165, 1.54) is 0 Å². The average Bonchev–Trinajstić information content (AvgIpc) is 3.47. The van der Waals surface area contributed by atoms with E-state index in [4.69, 9.17) is 14.6 Å². The van der Waals surface area contributed by atoms with Crippen molar-refractivity contribution in [3.63, 3.8) is 0 Å². The van der Waals surface area contributed by atoms with Gasteiger partial charge in [-0.25, -0.2) is 0 Å². The van der Waals surface area contributed by atoms with Crippen LogP contribution in [0.4, 0.5) is 0 Å². The summed E-state index contributed by atoms with van der Waals surface area (Å²) in [6.45, 7) is 0. The zero-order valence-corrected chi connectivity index (χ0v) is 22.5. The molecule has 0 saturated carbocycles. The van der Waals surface area contributed by atoms with Crippen molar-refractivity contribution in [2.45, 2.75) is 18.0 Å². The van der Waals surface area contributed by atoms with Gasteiger partial charge in [0.15, 0.2) is 17.3 Å². The van der Waals surface area contributed by atoms with Gasteiger partial charge in [0.2, 0.25) is 0 Å². The third kappa shape index (κ3) is 3.38. The molecular formula is C34H26N2O5. The molecule has 7 nitrogen and oxygen atoms in total. The predicted molar refractivity (Wildman–Crippen MR) is 153 cm³/mol. The van der Waals surface area contributed by atoms with Crippen LogP contribution in [0, 0.1) is 5.41 Å². The predicted octanol–water partition coefficient (Wildman–Crippen LogP) is 5.51. The molecule has 2 aliphatic heterocycles. The molecule has 41 heavy (non-hydrogen) atoms. The van der Waals surface area contributed by atoms with Gasteiger partial charge >= 0.3 is 0 Å². The first-order valence-corrected chi connectivity index (χ1v) is 13.4. The lowest BCUT2D eigenvalue weighted by Crippen LogP contribution is -2.43. The van der Waals surface area contributed by atoms with Crippen molar-refractivity contribution < 1.29 is 23.9 Å². The first-order chi connectivity index (χ1) is 20.0. The Morgan fingerprint density at radius 3 is 1.93 bits per heavy atom. The van der Waals surface area contributed by atoms with Crippen LogP contribution in [0.15, 0.2) is 102 Å². The number of ether oxygens (including phenoxy) is 2. The van der Waals surface area contributed by atoms with E-state index in [9.17, 15) is 14.4 Å². The van der Waals surface area contributed by atoms with Gasteiger partial charge in [-0.15, -0.1) is 0 Å². The van der Waals surface area contributed by atoms with Crippen molar-refractivity contribution in [2.75, 3.05) is 14.2 Å². The van der Waals surface area contributed by atoms with Crippen LogP contribution in [0.5, 0.6) is 11.5 Å². The minimum absolute atomic E-state index is 0.233. The molecule has 0 N–H and O–H groups in total. The molecule has 3 unspecified atom stereocenters. The van der Waals surface area contributed by atoms with E-state index in [-0.39, 0.29) is 17.3 Å². The van der Waals surface area contributed by atoms with Gasteiger partial charge in [0.05, 0.1) is 26.5 Å². The van der Waals surface area contributed by atoms with E-state index in [1.807, 2.05) is 36.4 Å². The number of nitrogens with zero attached hydrogens (tertiary/aromatic N) is 2. The molecule has 0 amide bonds. The molecular weight excluding hydrogens is 516 g/mol. The molecule has 1 spiro atoms. The smallest absolute Gasteiger partial charge is 0.187 e. The highest BCUT2D eigenvalue weighted by molar-refractivity contribution is 6.31. The van der Waals surface area contributed by atoms with E-state index in [0.717, 1.165) is 11.1 Å². The fraction of sp³-hybridized carbons (Fsp3) is 0.176. The monoisotopic (exact) mass is 542 g/mol. The standard InChI is InChI=1S/C34H26N2O5/c1-40-23-15-11-20(12-16-23)28-29(30(37)21-13-17-24(41-2)18-14-21)36-31(25-8-4-3-7-22(25)19-35-36)34(28)32(38)26-9-5-6-10-27(26)33(34)39/h3-19,28-29,31H,1-2H3. The Morgan fingerprint density at radius 2 is 1.32 bits per heavy atom. The van der Waals surface area contributed by atoms with Gasteiger partial charge in [0, 0.05) is 22.6 Å². The number of carbonyl (C=O) groups excluding carboxylic acids is 3. The summed E-state index contributed by atoms with van der Waals surface area (Å²) >= 11 is 0. The Balaban J connectivity index is 1.52. The number of rotatable bonds is 5. The molecule has 4 aromatic rings. The third-order valence-corrected chi connectivity index (χ3v) is 8.69. The summed E-state index contributed by atoms with van der Waals surface area (Å²) in [5, 5.41) is 6.49. The molecule has 1 fully saturated rings. The summed E-state index contributed by atoms with van der Waals surface area (Å²) < 4.78 is 10.7. The first kappa shape index (κ1) is 25.0. The molecule has 0 aromatic heterocycles. The molecule has 202 valence electrons. The molecule has 0 bridgehead atoms. The number of hydrogen-bond donors (Lipinski definition) is 0. The van der Waals surface area contributed by atoms with Crippen LogP contribution in [-0.2, 0) is 0 Å². The fourth-order valence-corrected chi connectivity index (χ4v) is 6.89. The van der Waals surface area contributed by atoms with Gasteiger partial charge in [-0.2, -0.15) is 5.10 Å². The molecule has 0 radical (unpaired) electrons. The molecule has 1 aliphatic carbocycles. The summed E-state index contributed by atoms with van der Waals surface area (Å²) in [5.74, 6) is -0.383. The number of ketones is 3. The third-order valence-electron chi connectivity index (χ3n) is 8.69. The van der Waals surface area contributed by atoms with Crippen LogP contribution in [0.2, 0.25) is 0 Å². The SMILES string of the molecule is COc1ccc(C(=O)C2C(c3ccc(OC)cc3)C3(C(=O)c4ccccc4C3=O)C3c4ccccc4C=NN23)cc1. The lowest BCUT2D eigenvalue weighted by Gasteiger charge is -2.36. The lowest BCUT2D eigenvalue weighted by molar-refractivity contribution is 0.0586. The Bertz CT molecular complexity index is 1710. The number of benzene rings is 4. The Morgan fingerprint density at radius 1 is 0.756 bits per heavy atom. The van der Waals surface area contributed by atoms with Crippen LogP contribution in [-0.4, -0.2) is 48.8 Å². The maximum Gasteiger partial charge on any atom is 0.187 e. The van der Waals surface area contributed by atoms with Crippen molar-refractivity contribution in [3.05, 3.63) is 130 Å². The normalized spacial score (nSPS) is 21.4. The number of methoxy groups -OCH3 is 2. The van der Waals surface area contributed by atoms with E-state index >= 15 is 0 Å². The maximum absolute atomic E-state index is 14.7. The molecule has 3 aliphatic rings. The summed E-state index contributed by atoms with van der Waals surface area (Å²) in [6.07, 6.45) is 1.71. The van der Waals surface area contributed by atoms with Crippen molar-refractivity contribution in [3.8, 4) is 11.5 Å². The minimum atomic E-state index is -1.61.